The van der Waals surface area contributed by atoms with Gasteiger partial charge < -0.3 is 0 Å². The summed E-state index contributed by atoms with van der Waals surface area (Å²) < 4.78 is 0. The van der Waals surface area contributed by atoms with E-state index >= 15 is 0 Å². The van der Waals surface area contributed by atoms with Gasteiger partial charge in [-0.05, 0) is 24.1 Å². The van der Waals surface area contributed by atoms with Crippen molar-refractivity contribution in [2.75, 3.05) is 0 Å². The number of pyridine rings is 1. The fourth-order valence-electron chi connectivity index (χ4n) is 2.41. The van der Waals surface area contributed by atoms with Gasteiger partial charge in [0.15, 0.2) is 0 Å². The van der Waals surface area contributed by atoms with Crippen molar-refractivity contribution in [3.8, 4) is 6.07 Å². The number of aromatic nitrogens is 1. The topological polar surface area (TPSA) is 79.8 Å². The number of fused-ring (bicyclic) bond motifs is 1. The molecule has 1 unspecified atom stereocenters. The Balaban J connectivity index is 1.79. The summed E-state index contributed by atoms with van der Waals surface area (Å²) in [6.07, 6.45) is 2.26. The van der Waals surface area contributed by atoms with Crippen molar-refractivity contribution in [1.82, 2.24) is 4.98 Å². The number of non-ortho nitro benzene ring substituents is 1. The molecule has 0 fully saturated rings. The molecule has 3 rings (SSSR count). The number of nitriles is 1. The Hall–Kier alpha value is -2.91. The van der Waals surface area contributed by atoms with E-state index in [0.29, 0.717) is 6.42 Å². The number of benzene rings is 2. The number of nitro groups is 1. The van der Waals surface area contributed by atoms with Crippen molar-refractivity contribution < 1.29 is 4.92 Å². The third-order valence-corrected chi connectivity index (χ3v) is 4.72. The fraction of sp³-hybridized carbons (Fsp3) is 0.111. The Labute approximate surface area is 143 Å². The van der Waals surface area contributed by atoms with Crippen LogP contribution in [-0.4, -0.2) is 15.2 Å². The number of nitrogens with zero attached hydrogens (tertiary/aromatic N) is 3. The standard InChI is InChI=1S/C18H13N3O2S/c19-12-16(11-13-6-8-15(9-7-13)21(22)23)24-17-5-1-3-14-4-2-10-20-18(14)17/h1-10,16H,11H2. The molecular formula is C18H13N3O2S. The SMILES string of the molecule is N#CC(Cc1ccc([N+](=O)[O-])cc1)Sc1cccc2cccnc12. The molecule has 24 heavy (non-hydrogen) atoms. The highest BCUT2D eigenvalue weighted by Gasteiger charge is 2.14. The Morgan fingerprint density at radius 2 is 1.92 bits per heavy atom. The zero-order chi connectivity index (χ0) is 16.9. The van der Waals surface area contributed by atoms with E-state index in [0.717, 1.165) is 21.4 Å². The van der Waals surface area contributed by atoms with Crippen LogP contribution >= 0.6 is 11.8 Å². The molecule has 0 spiro atoms. The molecule has 2 aromatic carbocycles. The molecule has 118 valence electrons. The molecule has 0 saturated carbocycles. The molecule has 0 N–H and O–H groups in total. The molecule has 1 aromatic heterocycles. The van der Waals surface area contributed by atoms with Crippen LogP contribution in [0.15, 0.2) is 65.7 Å². The van der Waals surface area contributed by atoms with E-state index in [1.54, 1.807) is 18.3 Å². The van der Waals surface area contributed by atoms with Crippen LogP contribution in [0, 0.1) is 21.4 Å². The molecular weight excluding hydrogens is 322 g/mol. The van der Waals surface area contributed by atoms with Gasteiger partial charge in [0.1, 0.15) is 5.25 Å². The molecule has 0 radical (unpaired) electrons. The molecule has 0 amide bonds. The summed E-state index contributed by atoms with van der Waals surface area (Å²) in [6.45, 7) is 0. The molecule has 5 nitrogen and oxygen atoms in total. The number of para-hydroxylation sites is 1. The van der Waals surface area contributed by atoms with Gasteiger partial charge in [0.25, 0.3) is 5.69 Å². The summed E-state index contributed by atoms with van der Waals surface area (Å²) in [6, 6.07) is 18.4. The highest BCUT2D eigenvalue weighted by atomic mass is 32.2. The number of hydrogen-bond donors (Lipinski definition) is 0. The predicted octanol–water partition coefficient (Wildman–Crippen LogP) is 4.37. The molecule has 6 heteroatoms. The van der Waals surface area contributed by atoms with Crippen LogP contribution in [0.3, 0.4) is 0 Å². The number of hydrogen-bond acceptors (Lipinski definition) is 5. The molecule has 0 aliphatic carbocycles. The Bertz CT molecular complexity index is 914. The van der Waals surface area contributed by atoms with Gasteiger partial charge >= 0.3 is 0 Å². The minimum absolute atomic E-state index is 0.0539. The van der Waals surface area contributed by atoms with Crippen LogP contribution in [0.4, 0.5) is 5.69 Å². The number of rotatable bonds is 5. The molecule has 0 saturated heterocycles. The van der Waals surface area contributed by atoms with Crippen LogP contribution < -0.4 is 0 Å². The molecule has 0 aliphatic heterocycles. The smallest absolute Gasteiger partial charge is 0.258 e. The molecule has 1 heterocycles. The lowest BCUT2D eigenvalue weighted by molar-refractivity contribution is -0.384. The summed E-state index contributed by atoms with van der Waals surface area (Å²) in [5.74, 6) is 0. The minimum Gasteiger partial charge on any atom is -0.258 e. The quantitative estimate of drug-likeness (QED) is 0.393. The van der Waals surface area contributed by atoms with E-state index < -0.39 is 4.92 Å². The first kappa shape index (κ1) is 16.0. The third-order valence-electron chi connectivity index (χ3n) is 3.58. The van der Waals surface area contributed by atoms with Crippen LogP contribution in [0.1, 0.15) is 5.56 Å². The summed E-state index contributed by atoms with van der Waals surface area (Å²) in [7, 11) is 0. The second kappa shape index (κ2) is 7.11. The van der Waals surface area contributed by atoms with Crippen molar-refractivity contribution in [1.29, 1.82) is 5.26 Å². The number of thioether (sulfide) groups is 1. The fourth-order valence-corrected chi connectivity index (χ4v) is 3.48. The molecule has 1 atom stereocenters. The van der Waals surface area contributed by atoms with Gasteiger partial charge in [-0.15, -0.1) is 11.8 Å². The first-order valence-corrected chi connectivity index (χ1v) is 8.18. The summed E-state index contributed by atoms with van der Waals surface area (Å²) in [5, 5.41) is 20.9. The average molecular weight is 335 g/mol. The monoisotopic (exact) mass is 335 g/mol. The van der Waals surface area contributed by atoms with Gasteiger partial charge in [0.2, 0.25) is 0 Å². The number of nitro benzene ring substituents is 1. The minimum atomic E-state index is -0.428. The van der Waals surface area contributed by atoms with Crippen LogP contribution in [0.5, 0.6) is 0 Å². The Morgan fingerprint density at radius 1 is 1.17 bits per heavy atom. The van der Waals surface area contributed by atoms with E-state index in [4.69, 9.17) is 0 Å². The summed E-state index contributed by atoms with van der Waals surface area (Å²) in [5.41, 5.74) is 1.83. The van der Waals surface area contributed by atoms with Gasteiger partial charge in [-0.2, -0.15) is 5.26 Å². The largest absolute Gasteiger partial charge is 0.269 e. The van der Waals surface area contributed by atoms with Gasteiger partial charge in [0, 0.05) is 28.6 Å². The first-order valence-electron chi connectivity index (χ1n) is 7.31. The van der Waals surface area contributed by atoms with E-state index in [-0.39, 0.29) is 10.9 Å². The molecule has 0 aliphatic rings. The van der Waals surface area contributed by atoms with E-state index in [1.165, 1.54) is 23.9 Å². The maximum absolute atomic E-state index is 10.7. The third kappa shape index (κ3) is 3.53. The van der Waals surface area contributed by atoms with Gasteiger partial charge in [-0.1, -0.05) is 30.3 Å². The van der Waals surface area contributed by atoms with E-state index in [9.17, 15) is 15.4 Å². The average Bonchev–Trinajstić information content (AvgIpc) is 2.62. The normalized spacial score (nSPS) is 11.8. The second-order valence-electron chi connectivity index (χ2n) is 5.19. The summed E-state index contributed by atoms with van der Waals surface area (Å²) >= 11 is 1.47. The maximum atomic E-state index is 10.7. The van der Waals surface area contributed by atoms with Crippen LogP contribution in [-0.2, 0) is 6.42 Å². The highest BCUT2D eigenvalue weighted by Crippen LogP contribution is 2.31. The second-order valence-corrected chi connectivity index (χ2v) is 6.44. The predicted molar refractivity (Wildman–Crippen MR) is 93.8 cm³/mol. The first-order chi connectivity index (χ1) is 11.7. The lowest BCUT2D eigenvalue weighted by atomic mass is 10.1. The van der Waals surface area contributed by atoms with Crippen molar-refractivity contribution in [3.05, 3.63) is 76.5 Å². The van der Waals surface area contributed by atoms with Crippen LogP contribution in [0.25, 0.3) is 10.9 Å². The zero-order valence-corrected chi connectivity index (χ0v) is 13.4. The lowest BCUT2D eigenvalue weighted by Crippen LogP contribution is -2.04. The van der Waals surface area contributed by atoms with Crippen LogP contribution in [0.2, 0.25) is 0 Å². The van der Waals surface area contributed by atoms with Crippen molar-refractivity contribution >= 4 is 28.4 Å². The Morgan fingerprint density at radius 3 is 2.62 bits per heavy atom. The molecule has 0 bridgehead atoms. The van der Waals surface area contributed by atoms with Gasteiger partial charge in [-0.25, -0.2) is 0 Å². The van der Waals surface area contributed by atoms with Gasteiger partial charge in [-0.3, -0.25) is 15.1 Å². The Kier molecular flexibility index (Phi) is 4.73. The summed E-state index contributed by atoms with van der Waals surface area (Å²) in [4.78, 5) is 15.6. The zero-order valence-electron chi connectivity index (χ0n) is 12.6. The van der Waals surface area contributed by atoms with Crippen molar-refractivity contribution in [2.24, 2.45) is 0 Å². The van der Waals surface area contributed by atoms with E-state index in [1.807, 2.05) is 30.3 Å². The van der Waals surface area contributed by atoms with Crippen molar-refractivity contribution in [2.45, 2.75) is 16.6 Å². The lowest BCUT2D eigenvalue weighted by Gasteiger charge is -2.10. The maximum Gasteiger partial charge on any atom is 0.269 e. The highest BCUT2D eigenvalue weighted by molar-refractivity contribution is 8.00. The molecule has 3 aromatic rings. The van der Waals surface area contributed by atoms with E-state index in [2.05, 4.69) is 11.1 Å². The van der Waals surface area contributed by atoms with Gasteiger partial charge in [0.05, 0.1) is 16.5 Å². The van der Waals surface area contributed by atoms with Crippen molar-refractivity contribution in [3.63, 3.8) is 0 Å².